The molecule has 0 radical (unpaired) electrons. The third-order valence-electron chi connectivity index (χ3n) is 2.75. The molecule has 0 aliphatic rings. The molecule has 2 unspecified atom stereocenters. The summed E-state index contributed by atoms with van der Waals surface area (Å²) in [5.41, 5.74) is -0.743. The van der Waals surface area contributed by atoms with Gasteiger partial charge < -0.3 is 14.8 Å². The Labute approximate surface area is 105 Å². The largest absolute Gasteiger partial charge is 0.468 e. The van der Waals surface area contributed by atoms with Crippen LogP contribution in [0.25, 0.3) is 0 Å². The molecule has 0 saturated heterocycles. The maximum Gasteiger partial charge on any atom is 0.328 e. The molecule has 4 nitrogen and oxygen atoms in total. The van der Waals surface area contributed by atoms with Crippen LogP contribution in [0, 0.1) is 0 Å². The van der Waals surface area contributed by atoms with Crippen LogP contribution >= 0.6 is 0 Å². The normalized spacial score (nSPS) is 16.3. The molecule has 0 heterocycles. The molecule has 0 aliphatic heterocycles. The van der Waals surface area contributed by atoms with Crippen molar-refractivity contribution in [1.82, 2.24) is 5.32 Å². The lowest BCUT2D eigenvalue weighted by Gasteiger charge is -2.29. The highest BCUT2D eigenvalue weighted by Gasteiger charge is 2.34. The number of ether oxygens (including phenoxy) is 2. The summed E-state index contributed by atoms with van der Waals surface area (Å²) in [5, 5.41) is 3.19. The molecule has 0 aliphatic carbocycles. The fourth-order valence-corrected chi connectivity index (χ4v) is 1.61. The minimum Gasteiger partial charge on any atom is -0.468 e. The molecule has 17 heavy (non-hydrogen) atoms. The van der Waals surface area contributed by atoms with E-state index in [0.717, 1.165) is 25.8 Å². The summed E-state index contributed by atoms with van der Waals surface area (Å²) >= 11 is 0. The summed E-state index contributed by atoms with van der Waals surface area (Å²) in [6.45, 7) is 9.16. The molecule has 0 rings (SSSR count). The third-order valence-corrected chi connectivity index (χ3v) is 2.75. The van der Waals surface area contributed by atoms with Crippen molar-refractivity contribution in [2.24, 2.45) is 0 Å². The first-order valence-corrected chi connectivity index (χ1v) is 6.45. The molecular weight excluding hydrogens is 218 g/mol. The van der Waals surface area contributed by atoms with Gasteiger partial charge in [-0.3, -0.25) is 0 Å². The fourth-order valence-electron chi connectivity index (χ4n) is 1.61. The van der Waals surface area contributed by atoms with Crippen molar-refractivity contribution in [3.63, 3.8) is 0 Å². The van der Waals surface area contributed by atoms with E-state index in [4.69, 9.17) is 9.47 Å². The van der Waals surface area contributed by atoms with Crippen molar-refractivity contribution in [3.8, 4) is 0 Å². The number of hydrogen-bond acceptors (Lipinski definition) is 4. The fraction of sp³-hybridized carbons (Fsp3) is 0.923. The van der Waals surface area contributed by atoms with Crippen LogP contribution < -0.4 is 5.32 Å². The summed E-state index contributed by atoms with van der Waals surface area (Å²) in [5.74, 6) is -0.269. The van der Waals surface area contributed by atoms with E-state index in [1.165, 1.54) is 7.11 Å². The highest BCUT2D eigenvalue weighted by Crippen LogP contribution is 2.11. The Morgan fingerprint density at radius 3 is 2.47 bits per heavy atom. The Morgan fingerprint density at radius 1 is 1.35 bits per heavy atom. The predicted octanol–water partition coefficient (Wildman–Crippen LogP) is 2.12. The zero-order valence-electron chi connectivity index (χ0n) is 11.8. The Bertz CT molecular complexity index is 221. The van der Waals surface area contributed by atoms with Crippen molar-refractivity contribution in [2.45, 2.75) is 58.6 Å². The zero-order valence-corrected chi connectivity index (χ0v) is 11.8. The minimum atomic E-state index is -0.743. The highest BCUT2D eigenvalue weighted by molar-refractivity contribution is 5.80. The van der Waals surface area contributed by atoms with E-state index in [-0.39, 0.29) is 12.1 Å². The van der Waals surface area contributed by atoms with Crippen LogP contribution in [0.2, 0.25) is 0 Å². The molecule has 0 bridgehead atoms. The Kier molecular flexibility index (Phi) is 8.17. The van der Waals surface area contributed by atoms with Gasteiger partial charge in [0, 0.05) is 0 Å². The SMILES string of the molecule is CCCNC(C)(COC(C)CCC)C(=O)OC. The summed E-state index contributed by atoms with van der Waals surface area (Å²) in [7, 11) is 1.41. The van der Waals surface area contributed by atoms with E-state index < -0.39 is 5.54 Å². The van der Waals surface area contributed by atoms with Crippen LogP contribution in [-0.4, -0.2) is 37.9 Å². The van der Waals surface area contributed by atoms with E-state index in [1.807, 2.05) is 13.8 Å². The van der Waals surface area contributed by atoms with Gasteiger partial charge in [0.15, 0.2) is 0 Å². The first kappa shape index (κ1) is 16.4. The molecule has 0 fully saturated rings. The van der Waals surface area contributed by atoms with Gasteiger partial charge in [-0.05, 0) is 33.2 Å². The first-order chi connectivity index (χ1) is 8.00. The number of esters is 1. The second-order valence-electron chi connectivity index (χ2n) is 4.66. The van der Waals surface area contributed by atoms with Gasteiger partial charge in [-0.15, -0.1) is 0 Å². The monoisotopic (exact) mass is 245 g/mol. The summed E-state index contributed by atoms with van der Waals surface area (Å²) in [6, 6.07) is 0. The van der Waals surface area contributed by atoms with Gasteiger partial charge in [0.2, 0.25) is 0 Å². The minimum absolute atomic E-state index is 0.174. The highest BCUT2D eigenvalue weighted by atomic mass is 16.5. The van der Waals surface area contributed by atoms with Crippen LogP contribution in [0.15, 0.2) is 0 Å². The molecule has 0 saturated carbocycles. The van der Waals surface area contributed by atoms with Gasteiger partial charge in [-0.1, -0.05) is 20.3 Å². The number of hydrogen-bond donors (Lipinski definition) is 1. The van der Waals surface area contributed by atoms with Crippen molar-refractivity contribution >= 4 is 5.97 Å². The average molecular weight is 245 g/mol. The maximum absolute atomic E-state index is 11.7. The van der Waals surface area contributed by atoms with Gasteiger partial charge in [-0.2, -0.15) is 0 Å². The van der Waals surface area contributed by atoms with Crippen molar-refractivity contribution in [3.05, 3.63) is 0 Å². The maximum atomic E-state index is 11.7. The van der Waals surface area contributed by atoms with E-state index in [1.54, 1.807) is 0 Å². The summed E-state index contributed by atoms with van der Waals surface area (Å²) < 4.78 is 10.5. The Morgan fingerprint density at radius 2 is 2.00 bits per heavy atom. The number of methoxy groups -OCH3 is 1. The molecule has 102 valence electrons. The summed E-state index contributed by atoms with van der Waals surface area (Å²) in [4.78, 5) is 11.7. The third kappa shape index (κ3) is 6.03. The van der Waals surface area contributed by atoms with E-state index in [2.05, 4.69) is 19.2 Å². The molecule has 0 spiro atoms. The number of carbonyl (C=O) groups is 1. The van der Waals surface area contributed by atoms with Crippen LogP contribution in [0.3, 0.4) is 0 Å². The smallest absolute Gasteiger partial charge is 0.328 e. The van der Waals surface area contributed by atoms with Gasteiger partial charge >= 0.3 is 5.97 Å². The summed E-state index contributed by atoms with van der Waals surface area (Å²) in [6.07, 6.45) is 3.23. The Balaban J connectivity index is 4.32. The zero-order chi connectivity index (χ0) is 13.3. The van der Waals surface area contributed by atoms with Gasteiger partial charge in [0.05, 0.1) is 19.8 Å². The van der Waals surface area contributed by atoms with E-state index >= 15 is 0 Å². The van der Waals surface area contributed by atoms with E-state index in [0.29, 0.717) is 6.61 Å². The number of carbonyl (C=O) groups excluding carboxylic acids is 1. The van der Waals surface area contributed by atoms with Gasteiger partial charge in [0.1, 0.15) is 5.54 Å². The molecule has 1 N–H and O–H groups in total. The van der Waals surface area contributed by atoms with E-state index in [9.17, 15) is 4.79 Å². The lowest BCUT2D eigenvalue weighted by atomic mass is 10.0. The second kappa shape index (κ2) is 8.48. The molecule has 2 atom stereocenters. The van der Waals surface area contributed by atoms with Crippen LogP contribution in [0.1, 0.15) is 47.0 Å². The lowest BCUT2D eigenvalue weighted by molar-refractivity contribution is -0.151. The topological polar surface area (TPSA) is 47.6 Å². The van der Waals surface area contributed by atoms with Crippen molar-refractivity contribution in [1.29, 1.82) is 0 Å². The first-order valence-electron chi connectivity index (χ1n) is 6.45. The molecular formula is C13H27NO3. The van der Waals surface area contributed by atoms with Crippen LogP contribution in [-0.2, 0) is 14.3 Å². The quantitative estimate of drug-likeness (QED) is 0.632. The van der Waals surface area contributed by atoms with Crippen molar-refractivity contribution < 1.29 is 14.3 Å². The van der Waals surface area contributed by atoms with Crippen LogP contribution in [0.5, 0.6) is 0 Å². The van der Waals surface area contributed by atoms with Crippen molar-refractivity contribution in [2.75, 3.05) is 20.3 Å². The molecule has 0 aromatic rings. The molecule has 0 aromatic heterocycles. The average Bonchev–Trinajstić information content (AvgIpc) is 2.33. The van der Waals surface area contributed by atoms with Gasteiger partial charge in [-0.25, -0.2) is 4.79 Å². The molecule has 0 aromatic carbocycles. The standard InChI is InChI=1S/C13H27NO3/c1-6-8-11(3)17-10-13(4,12(15)16-5)14-9-7-2/h11,14H,6-10H2,1-5H3. The predicted molar refractivity (Wildman–Crippen MR) is 69.0 cm³/mol. The lowest BCUT2D eigenvalue weighted by Crippen LogP contribution is -2.54. The Hall–Kier alpha value is -0.610. The van der Waals surface area contributed by atoms with Gasteiger partial charge in [0.25, 0.3) is 0 Å². The molecule has 0 amide bonds. The second-order valence-corrected chi connectivity index (χ2v) is 4.66. The number of nitrogens with one attached hydrogen (secondary N) is 1. The number of rotatable bonds is 9. The molecule has 4 heteroatoms. The van der Waals surface area contributed by atoms with Crippen LogP contribution in [0.4, 0.5) is 0 Å².